The van der Waals surface area contributed by atoms with Gasteiger partial charge in [-0.2, -0.15) is 5.10 Å². The molecule has 2 rings (SSSR count). The van der Waals surface area contributed by atoms with Crippen molar-refractivity contribution in [1.29, 1.82) is 0 Å². The maximum atomic E-state index is 12.8. The van der Waals surface area contributed by atoms with Crippen molar-refractivity contribution in [2.45, 2.75) is 40.7 Å². The number of nitrogens with zero attached hydrogens (tertiary/aromatic N) is 3. The molecule has 2 heterocycles. The van der Waals surface area contributed by atoms with Crippen LogP contribution < -0.4 is 5.32 Å². The van der Waals surface area contributed by atoms with Gasteiger partial charge in [-0.3, -0.25) is 14.3 Å². The minimum Gasteiger partial charge on any atom is -0.462 e. The summed E-state index contributed by atoms with van der Waals surface area (Å²) in [6.07, 6.45) is 2.33. The molecule has 0 unspecified atom stereocenters. The molecule has 2 amide bonds. The summed E-state index contributed by atoms with van der Waals surface area (Å²) in [4.78, 5) is 39.7. The van der Waals surface area contributed by atoms with Gasteiger partial charge >= 0.3 is 5.97 Å². The second-order valence-corrected chi connectivity index (χ2v) is 7.55. The summed E-state index contributed by atoms with van der Waals surface area (Å²) in [5, 5.41) is 7.35. The van der Waals surface area contributed by atoms with Crippen molar-refractivity contribution < 1.29 is 19.1 Å². The standard InChI is InChI=1S/C19H26N4O4S/c1-7-9-27-19(26)14-11(3)15(18(25)22(5)6)28-17(14)20-16(24)13-10-23(8-2)21-12(13)4/h10H,7-9H2,1-6H3,(H,20,24). The monoisotopic (exact) mass is 406 g/mol. The van der Waals surface area contributed by atoms with Crippen molar-refractivity contribution in [3.05, 3.63) is 33.5 Å². The number of nitrogens with one attached hydrogen (secondary N) is 1. The van der Waals surface area contributed by atoms with E-state index in [1.165, 1.54) is 4.90 Å². The zero-order chi connectivity index (χ0) is 21.0. The highest BCUT2D eigenvalue weighted by molar-refractivity contribution is 7.18. The van der Waals surface area contributed by atoms with Gasteiger partial charge in [-0.25, -0.2) is 4.79 Å². The first-order valence-corrected chi connectivity index (χ1v) is 9.90. The molecule has 0 spiro atoms. The van der Waals surface area contributed by atoms with Crippen LogP contribution in [0.4, 0.5) is 5.00 Å². The predicted octanol–water partition coefficient (Wildman–Crippen LogP) is 3.10. The molecule has 0 aliphatic heterocycles. The Morgan fingerprint density at radius 2 is 1.93 bits per heavy atom. The van der Waals surface area contributed by atoms with Crippen molar-refractivity contribution >= 4 is 34.1 Å². The average Bonchev–Trinajstić information content (AvgIpc) is 3.18. The maximum absolute atomic E-state index is 12.8. The molecule has 0 aliphatic rings. The number of carbonyl (C=O) groups is 3. The van der Waals surface area contributed by atoms with Crippen LogP contribution in [0.25, 0.3) is 0 Å². The minimum atomic E-state index is -0.551. The summed E-state index contributed by atoms with van der Waals surface area (Å²) >= 11 is 1.07. The lowest BCUT2D eigenvalue weighted by molar-refractivity contribution is 0.0506. The van der Waals surface area contributed by atoms with Crippen LogP contribution in [0, 0.1) is 13.8 Å². The number of anilines is 1. The summed E-state index contributed by atoms with van der Waals surface area (Å²) in [5.74, 6) is -1.17. The summed E-state index contributed by atoms with van der Waals surface area (Å²) in [5.41, 5.74) is 1.73. The smallest absolute Gasteiger partial charge is 0.341 e. The van der Waals surface area contributed by atoms with Crippen LogP contribution in [0.3, 0.4) is 0 Å². The Hall–Kier alpha value is -2.68. The fraction of sp³-hybridized carbons (Fsp3) is 0.474. The lowest BCUT2D eigenvalue weighted by Crippen LogP contribution is -2.21. The quantitative estimate of drug-likeness (QED) is 0.713. The van der Waals surface area contributed by atoms with E-state index in [-0.39, 0.29) is 24.0 Å². The number of thiophene rings is 1. The minimum absolute atomic E-state index is 0.220. The van der Waals surface area contributed by atoms with Crippen molar-refractivity contribution in [1.82, 2.24) is 14.7 Å². The molecule has 9 heteroatoms. The number of ether oxygens (including phenoxy) is 1. The molecule has 152 valence electrons. The maximum Gasteiger partial charge on any atom is 0.341 e. The van der Waals surface area contributed by atoms with Crippen LogP contribution in [0.5, 0.6) is 0 Å². The van der Waals surface area contributed by atoms with Gasteiger partial charge in [0.2, 0.25) is 0 Å². The Labute approximate surface area is 168 Å². The lowest BCUT2D eigenvalue weighted by Gasteiger charge is -2.09. The molecule has 0 saturated heterocycles. The molecule has 0 fully saturated rings. The third kappa shape index (κ3) is 4.41. The largest absolute Gasteiger partial charge is 0.462 e. The Balaban J connectivity index is 2.44. The van der Waals surface area contributed by atoms with Crippen LogP contribution in [0.15, 0.2) is 6.20 Å². The fourth-order valence-electron chi connectivity index (χ4n) is 2.59. The summed E-state index contributed by atoms with van der Waals surface area (Å²) in [7, 11) is 3.27. The number of aryl methyl sites for hydroxylation is 2. The summed E-state index contributed by atoms with van der Waals surface area (Å²) in [6, 6.07) is 0. The second kappa shape index (κ2) is 9.01. The van der Waals surface area contributed by atoms with Crippen LogP contribution in [0.1, 0.15) is 61.9 Å². The molecular weight excluding hydrogens is 380 g/mol. The average molecular weight is 407 g/mol. The number of hydrogen-bond donors (Lipinski definition) is 1. The zero-order valence-corrected chi connectivity index (χ0v) is 17.9. The molecule has 8 nitrogen and oxygen atoms in total. The van der Waals surface area contributed by atoms with E-state index in [0.717, 1.165) is 11.3 Å². The van der Waals surface area contributed by atoms with E-state index in [1.54, 1.807) is 38.8 Å². The fourth-order valence-corrected chi connectivity index (χ4v) is 3.81. The molecule has 0 bridgehead atoms. The molecular formula is C19H26N4O4S. The topological polar surface area (TPSA) is 93.5 Å². The lowest BCUT2D eigenvalue weighted by atomic mass is 10.1. The molecule has 1 N–H and O–H groups in total. The molecule has 2 aromatic heterocycles. The highest BCUT2D eigenvalue weighted by atomic mass is 32.1. The number of rotatable bonds is 7. The SMILES string of the molecule is CCCOC(=O)c1c(NC(=O)c2cn(CC)nc2C)sc(C(=O)N(C)C)c1C. The zero-order valence-electron chi connectivity index (χ0n) is 17.1. The van der Waals surface area contributed by atoms with Crippen LogP contribution in [0.2, 0.25) is 0 Å². The van der Waals surface area contributed by atoms with Gasteiger partial charge in [-0.1, -0.05) is 6.92 Å². The van der Waals surface area contributed by atoms with Gasteiger partial charge in [0.05, 0.1) is 28.3 Å². The summed E-state index contributed by atoms with van der Waals surface area (Å²) in [6.45, 7) is 8.16. The number of esters is 1. The van der Waals surface area contributed by atoms with Gasteiger partial charge in [0.25, 0.3) is 11.8 Å². The Kier molecular flexibility index (Phi) is 6.95. The van der Waals surface area contributed by atoms with E-state index >= 15 is 0 Å². The molecule has 0 radical (unpaired) electrons. The van der Waals surface area contributed by atoms with Crippen molar-refractivity contribution in [3.8, 4) is 0 Å². The van der Waals surface area contributed by atoms with Crippen molar-refractivity contribution in [2.75, 3.05) is 26.0 Å². The number of aromatic nitrogens is 2. The third-order valence-corrected chi connectivity index (χ3v) is 5.33. The first kappa shape index (κ1) is 21.6. The first-order chi connectivity index (χ1) is 13.2. The van der Waals surface area contributed by atoms with Gasteiger partial charge in [0.1, 0.15) is 5.00 Å². The van der Waals surface area contributed by atoms with Gasteiger partial charge in [0.15, 0.2) is 0 Å². The van der Waals surface area contributed by atoms with E-state index in [9.17, 15) is 14.4 Å². The molecule has 28 heavy (non-hydrogen) atoms. The van der Waals surface area contributed by atoms with E-state index in [2.05, 4.69) is 10.4 Å². The Morgan fingerprint density at radius 1 is 1.25 bits per heavy atom. The molecule has 0 saturated carbocycles. The number of hydrogen-bond acceptors (Lipinski definition) is 6. The van der Waals surface area contributed by atoms with Crippen molar-refractivity contribution in [2.24, 2.45) is 0 Å². The van der Waals surface area contributed by atoms with E-state index < -0.39 is 5.97 Å². The highest BCUT2D eigenvalue weighted by Gasteiger charge is 2.28. The van der Waals surface area contributed by atoms with Crippen LogP contribution in [-0.4, -0.2) is 53.2 Å². The third-order valence-electron chi connectivity index (χ3n) is 4.13. The predicted molar refractivity (Wildman–Crippen MR) is 108 cm³/mol. The van der Waals surface area contributed by atoms with E-state index in [4.69, 9.17) is 4.74 Å². The number of carbonyl (C=O) groups excluding carboxylic acids is 3. The molecule has 2 aromatic rings. The number of amides is 2. The molecule has 0 aromatic carbocycles. The highest BCUT2D eigenvalue weighted by Crippen LogP contribution is 2.35. The Morgan fingerprint density at radius 3 is 2.46 bits per heavy atom. The van der Waals surface area contributed by atoms with Gasteiger partial charge in [-0.05, 0) is 32.8 Å². The normalized spacial score (nSPS) is 10.6. The van der Waals surface area contributed by atoms with Crippen molar-refractivity contribution in [3.63, 3.8) is 0 Å². The Bertz CT molecular complexity index is 898. The molecule has 0 aliphatic carbocycles. The summed E-state index contributed by atoms with van der Waals surface area (Å²) < 4.78 is 6.93. The van der Waals surface area contributed by atoms with Crippen LogP contribution >= 0.6 is 11.3 Å². The molecule has 0 atom stereocenters. The first-order valence-electron chi connectivity index (χ1n) is 9.08. The van der Waals surface area contributed by atoms with E-state index in [0.29, 0.717) is 39.7 Å². The van der Waals surface area contributed by atoms with Gasteiger partial charge in [0, 0.05) is 26.8 Å². The second-order valence-electron chi connectivity index (χ2n) is 6.53. The van der Waals surface area contributed by atoms with Gasteiger partial charge in [-0.15, -0.1) is 11.3 Å². The van der Waals surface area contributed by atoms with E-state index in [1.807, 2.05) is 13.8 Å². The van der Waals surface area contributed by atoms with Gasteiger partial charge < -0.3 is 15.0 Å². The van der Waals surface area contributed by atoms with Crippen LogP contribution in [-0.2, 0) is 11.3 Å².